The van der Waals surface area contributed by atoms with Crippen molar-refractivity contribution >= 4 is 0 Å². The Hall–Kier alpha value is -1.26. The van der Waals surface area contributed by atoms with Crippen molar-refractivity contribution in [2.75, 3.05) is 26.2 Å². The standard InChI is InChI=1S/C12H16FN3/c1-2-11(16-8-6-14-7-9-16)10-4-3-5-15-12(10)13/h2-5,11,14H,1,6-9H2/t11-/m0/s1. The number of aromatic nitrogens is 1. The maximum atomic E-state index is 13.6. The van der Waals surface area contributed by atoms with Crippen LogP contribution < -0.4 is 5.32 Å². The molecule has 3 nitrogen and oxygen atoms in total. The van der Waals surface area contributed by atoms with E-state index in [1.165, 1.54) is 6.20 Å². The molecule has 16 heavy (non-hydrogen) atoms. The summed E-state index contributed by atoms with van der Waals surface area (Å²) in [4.78, 5) is 5.90. The molecule has 1 saturated heterocycles. The highest BCUT2D eigenvalue weighted by molar-refractivity contribution is 5.20. The minimum absolute atomic E-state index is 0.0733. The van der Waals surface area contributed by atoms with Crippen LogP contribution in [0.15, 0.2) is 31.0 Å². The topological polar surface area (TPSA) is 28.2 Å². The van der Waals surface area contributed by atoms with Crippen molar-refractivity contribution in [2.45, 2.75) is 6.04 Å². The van der Waals surface area contributed by atoms with Gasteiger partial charge in [-0.05, 0) is 6.07 Å². The quantitative estimate of drug-likeness (QED) is 0.617. The molecule has 86 valence electrons. The number of nitrogens with one attached hydrogen (secondary N) is 1. The first kappa shape index (κ1) is 11.2. The van der Waals surface area contributed by atoms with Crippen molar-refractivity contribution in [3.63, 3.8) is 0 Å². The van der Waals surface area contributed by atoms with Crippen LogP contribution in [-0.2, 0) is 0 Å². The summed E-state index contributed by atoms with van der Waals surface area (Å²) in [5.41, 5.74) is 0.611. The number of halogens is 1. The Balaban J connectivity index is 2.21. The van der Waals surface area contributed by atoms with Crippen molar-refractivity contribution < 1.29 is 4.39 Å². The summed E-state index contributed by atoms with van der Waals surface area (Å²) in [6.45, 7) is 7.49. The average molecular weight is 221 g/mol. The van der Waals surface area contributed by atoms with E-state index in [0.29, 0.717) is 5.56 Å². The van der Waals surface area contributed by atoms with Gasteiger partial charge in [0.05, 0.1) is 6.04 Å². The molecule has 1 aromatic heterocycles. The molecule has 4 heteroatoms. The van der Waals surface area contributed by atoms with Gasteiger partial charge in [-0.2, -0.15) is 4.39 Å². The third-order valence-corrected chi connectivity index (χ3v) is 2.87. The SMILES string of the molecule is C=C[C@@H](c1cccnc1F)N1CCNCC1. The zero-order chi connectivity index (χ0) is 11.4. The Morgan fingerprint density at radius 1 is 1.50 bits per heavy atom. The second-order valence-corrected chi connectivity index (χ2v) is 3.85. The molecule has 2 heterocycles. The fourth-order valence-electron chi connectivity index (χ4n) is 2.05. The van der Waals surface area contributed by atoms with E-state index >= 15 is 0 Å². The van der Waals surface area contributed by atoms with Crippen LogP contribution in [0.4, 0.5) is 4.39 Å². The third kappa shape index (κ3) is 2.28. The van der Waals surface area contributed by atoms with Gasteiger partial charge in [0.15, 0.2) is 0 Å². The molecule has 1 N–H and O–H groups in total. The predicted octanol–water partition coefficient (Wildman–Crippen LogP) is 1.35. The van der Waals surface area contributed by atoms with Crippen molar-refractivity contribution in [1.29, 1.82) is 0 Å². The number of piperazine rings is 1. The van der Waals surface area contributed by atoms with E-state index in [-0.39, 0.29) is 6.04 Å². The first-order chi connectivity index (χ1) is 7.83. The van der Waals surface area contributed by atoms with Crippen molar-refractivity contribution in [3.05, 3.63) is 42.5 Å². The van der Waals surface area contributed by atoms with Crippen LogP contribution in [-0.4, -0.2) is 36.1 Å². The van der Waals surface area contributed by atoms with E-state index in [4.69, 9.17) is 0 Å². The number of pyridine rings is 1. The van der Waals surface area contributed by atoms with Crippen molar-refractivity contribution in [2.24, 2.45) is 0 Å². The fourth-order valence-corrected chi connectivity index (χ4v) is 2.05. The molecule has 1 aliphatic heterocycles. The first-order valence-corrected chi connectivity index (χ1v) is 5.50. The molecule has 1 aliphatic rings. The Kier molecular flexibility index (Phi) is 3.64. The molecule has 0 unspecified atom stereocenters. The van der Waals surface area contributed by atoms with E-state index in [9.17, 15) is 4.39 Å². The normalized spacial score (nSPS) is 19.3. The molecule has 0 saturated carbocycles. The summed E-state index contributed by atoms with van der Waals surface area (Å²) in [6, 6.07) is 3.46. The van der Waals surface area contributed by atoms with E-state index < -0.39 is 5.95 Å². The van der Waals surface area contributed by atoms with Crippen LogP contribution in [0.2, 0.25) is 0 Å². The molecule has 2 rings (SSSR count). The second kappa shape index (κ2) is 5.18. The minimum Gasteiger partial charge on any atom is -0.314 e. The maximum absolute atomic E-state index is 13.6. The first-order valence-electron chi connectivity index (χ1n) is 5.50. The largest absolute Gasteiger partial charge is 0.314 e. The summed E-state index contributed by atoms with van der Waals surface area (Å²) in [5.74, 6) is -0.397. The highest BCUT2D eigenvalue weighted by Gasteiger charge is 2.21. The molecule has 0 bridgehead atoms. The highest BCUT2D eigenvalue weighted by Crippen LogP contribution is 2.23. The molecule has 0 amide bonds. The lowest BCUT2D eigenvalue weighted by Crippen LogP contribution is -2.44. The predicted molar refractivity (Wildman–Crippen MR) is 61.6 cm³/mol. The number of nitrogens with zero attached hydrogens (tertiary/aromatic N) is 2. The Labute approximate surface area is 95.0 Å². The summed E-state index contributed by atoms with van der Waals surface area (Å²) >= 11 is 0. The molecule has 0 aromatic carbocycles. The zero-order valence-electron chi connectivity index (χ0n) is 9.19. The second-order valence-electron chi connectivity index (χ2n) is 3.85. The molecule has 1 fully saturated rings. The lowest BCUT2D eigenvalue weighted by molar-refractivity contribution is 0.199. The molecular formula is C12H16FN3. The Morgan fingerprint density at radius 3 is 2.88 bits per heavy atom. The van der Waals surface area contributed by atoms with E-state index in [2.05, 4.69) is 21.8 Å². The lowest BCUT2D eigenvalue weighted by Gasteiger charge is -2.33. The van der Waals surface area contributed by atoms with E-state index in [0.717, 1.165) is 26.2 Å². The summed E-state index contributed by atoms with van der Waals surface area (Å²) in [7, 11) is 0. The summed E-state index contributed by atoms with van der Waals surface area (Å²) < 4.78 is 13.6. The van der Waals surface area contributed by atoms with Gasteiger partial charge in [0.25, 0.3) is 0 Å². The highest BCUT2D eigenvalue weighted by atomic mass is 19.1. The zero-order valence-corrected chi connectivity index (χ0v) is 9.19. The van der Waals surface area contributed by atoms with Crippen LogP contribution in [0.3, 0.4) is 0 Å². The Morgan fingerprint density at radius 2 is 2.25 bits per heavy atom. The van der Waals surface area contributed by atoms with Crippen molar-refractivity contribution in [1.82, 2.24) is 15.2 Å². The monoisotopic (exact) mass is 221 g/mol. The van der Waals surface area contributed by atoms with Gasteiger partial charge in [-0.15, -0.1) is 6.58 Å². The number of hydrogen-bond acceptors (Lipinski definition) is 3. The van der Waals surface area contributed by atoms with Crippen LogP contribution in [0.5, 0.6) is 0 Å². The number of rotatable bonds is 3. The average Bonchev–Trinajstić information content (AvgIpc) is 2.34. The molecule has 0 spiro atoms. The van der Waals surface area contributed by atoms with Gasteiger partial charge >= 0.3 is 0 Å². The third-order valence-electron chi connectivity index (χ3n) is 2.87. The van der Waals surface area contributed by atoms with Crippen LogP contribution in [0.25, 0.3) is 0 Å². The molecule has 0 radical (unpaired) electrons. The van der Waals surface area contributed by atoms with Gasteiger partial charge in [-0.1, -0.05) is 12.1 Å². The number of hydrogen-bond donors (Lipinski definition) is 1. The van der Waals surface area contributed by atoms with Crippen LogP contribution >= 0.6 is 0 Å². The smallest absolute Gasteiger partial charge is 0.217 e. The Bertz CT molecular complexity index is 361. The molecule has 1 atom stereocenters. The van der Waals surface area contributed by atoms with Crippen LogP contribution in [0.1, 0.15) is 11.6 Å². The molecular weight excluding hydrogens is 205 g/mol. The fraction of sp³-hybridized carbons (Fsp3) is 0.417. The van der Waals surface area contributed by atoms with E-state index in [1.807, 2.05) is 0 Å². The van der Waals surface area contributed by atoms with Crippen molar-refractivity contribution in [3.8, 4) is 0 Å². The van der Waals surface area contributed by atoms with Gasteiger partial charge in [0, 0.05) is 37.9 Å². The maximum Gasteiger partial charge on any atom is 0.217 e. The van der Waals surface area contributed by atoms with Gasteiger partial charge in [0.2, 0.25) is 5.95 Å². The summed E-state index contributed by atoms with van der Waals surface area (Å²) in [6.07, 6.45) is 3.25. The van der Waals surface area contributed by atoms with Crippen LogP contribution in [0, 0.1) is 5.95 Å². The molecule has 1 aromatic rings. The molecule has 0 aliphatic carbocycles. The van der Waals surface area contributed by atoms with Gasteiger partial charge in [-0.3, -0.25) is 4.90 Å². The van der Waals surface area contributed by atoms with Gasteiger partial charge < -0.3 is 5.32 Å². The lowest BCUT2D eigenvalue weighted by atomic mass is 10.1. The summed E-state index contributed by atoms with van der Waals surface area (Å²) in [5, 5.41) is 3.27. The van der Waals surface area contributed by atoms with E-state index in [1.54, 1.807) is 18.2 Å². The van der Waals surface area contributed by atoms with Gasteiger partial charge in [-0.25, -0.2) is 4.98 Å². The minimum atomic E-state index is -0.397. The van der Waals surface area contributed by atoms with Gasteiger partial charge in [0.1, 0.15) is 0 Å².